The summed E-state index contributed by atoms with van der Waals surface area (Å²) in [5.41, 5.74) is 3.72. The van der Waals surface area contributed by atoms with Crippen molar-refractivity contribution in [3.05, 3.63) is 41.5 Å². The van der Waals surface area contributed by atoms with Crippen molar-refractivity contribution < 1.29 is 4.74 Å². The molecule has 0 spiro atoms. The largest absolute Gasteiger partial charge is 0.496 e. The fraction of sp³-hybridized carbons (Fsp3) is 0.429. The molecular formula is C14H21NO. The predicted molar refractivity (Wildman–Crippen MR) is 69.1 cm³/mol. The lowest BCUT2D eigenvalue weighted by Gasteiger charge is -2.21. The normalized spacial score (nSPS) is 12.2. The summed E-state index contributed by atoms with van der Waals surface area (Å²) in [5.74, 6) is 0.957. The molecule has 0 aliphatic heterocycles. The molecule has 0 aromatic heterocycles. The van der Waals surface area contributed by atoms with E-state index in [0.29, 0.717) is 0 Å². The Morgan fingerprint density at radius 2 is 2.12 bits per heavy atom. The predicted octanol–water partition coefficient (Wildman–Crippen LogP) is 3.15. The minimum atomic E-state index is 0.271. The molecule has 1 unspecified atom stereocenters. The molecule has 0 saturated carbocycles. The molecule has 1 rings (SSSR count). The minimum absolute atomic E-state index is 0.271. The van der Waals surface area contributed by atoms with E-state index in [-0.39, 0.29) is 6.04 Å². The van der Waals surface area contributed by atoms with E-state index in [9.17, 15) is 0 Å². The lowest BCUT2D eigenvalue weighted by Crippen LogP contribution is -2.17. The Hall–Kier alpha value is -1.28. The molecule has 0 fully saturated rings. The van der Waals surface area contributed by atoms with E-state index in [2.05, 4.69) is 37.9 Å². The summed E-state index contributed by atoms with van der Waals surface area (Å²) in [6.07, 6.45) is 2.83. The van der Waals surface area contributed by atoms with Crippen molar-refractivity contribution in [3.8, 4) is 5.75 Å². The third-order valence-electron chi connectivity index (χ3n) is 2.81. The van der Waals surface area contributed by atoms with Crippen molar-refractivity contribution in [2.24, 2.45) is 0 Å². The Labute approximate surface area is 98.3 Å². The topological polar surface area (TPSA) is 21.3 Å². The van der Waals surface area contributed by atoms with E-state index < -0.39 is 0 Å². The summed E-state index contributed by atoms with van der Waals surface area (Å²) < 4.78 is 5.46. The molecule has 0 aliphatic rings. The molecule has 16 heavy (non-hydrogen) atoms. The summed E-state index contributed by atoms with van der Waals surface area (Å²) in [4.78, 5) is 0. The fourth-order valence-corrected chi connectivity index (χ4v) is 2.10. The van der Waals surface area contributed by atoms with E-state index in [4.69, 9.17) is 4.74 Å². The first-order valence-corrected chi connectivity index (χ1v) is 5.57. The number of methoxy groups -OCH3 is 1. The SMILES string of the molecule is C=CCC(NC)c1c(C)cc(C)cc1OC. The zero-order valence-electron chi connectivity index (χ0n) is 10.6. The molecule has 1 N–H and O–H groups in total. The van der Waals surface area contributed by atoms with Crippen LogP contribution in [0.4, 0.5) is 0 Å². The van der Waals surface area contributed by atoms with Gasteiger partial charge in [0.2, 0.25) is 0 Å². The summed E-state index contributed by atoms with van der Waals surface area (Å²) in [5, 5.41) is 3.30. The highest BCUT2D eigenvalue weighted by atomic mass is 16.5. The van der Waals surface area contributed by atoms with Gasteiger partial charge in [-0.25, -0.2) is 0 Å². The second kappa shape index (κ2) is 5.71. The van der Waals surface area contributed by atoms with E-state index in [0.717, 1.165) is 12.2 Å². The van der Waals surface area contributed by atoms with Crippen LogP contribution in [-0.4, -0.2) is 14.2 Å². The monoisotopic (exact) mass is 219 g/mol. The molecule has 0 amide bonds. The first kappa shape index (κ1) is 12.8. The number of hydrogen-bond donors (Lipinski definition) is 1. The van der Waals surface area contributed by atoms with Gasteiger partial charge >= 0.3 is 0 Å². The van der Waals surface area contributed by atoms with Crippen LogP contribution >= 0.6 is 0 Å². The third kappa shape index (κ3) is 2.64. The highest BCUT2D eigenvalue weighted by Gasteiger charge is 2.16. The number of ether oxygens (including phenoxy) is 1. The van der Waals surface area contributed by atoms with Crippen LogP contribution in [0.5, 0.6) is 5.75 Å². The van der Waals surface area contributed by atoms with Gasteiger partial charge in [0.05, 0.1) is 7.11 Å². The number of hydrogen-bond acceptors (Lipinski definition) is 2. The van der Waals surface area contributed by atoms with Crippen molar-refractivity contribution in [1.29, 1.82) is 0 Å². The van der Waals surface area contributed by atoms with Gasteiger partial charge in [-0.1, -0.05) is 12.1 Å². The summed E-state index contributed by atoms with van der Waals surface area (Å²) in [6, 6.07) is 4.54. The standard InChI is InChI=1S/C14H21NO/c1-6-7-12(15-4)14-11(3)8-10(2)9-13(14)16-5/h6,8-9,12,15H,1,7H2,2-5H3. The van der Waals surface area contributed by atoms with E-state index in [1.54, 1.807) is 7.11 Å². The first-order chi connectivity index (χ1) is 7.63. The minimum Gasteiger partial charge on any atom is -0.496 e. The number of rotatable bonds is 5. The molecule has 2 nitrogen and oxygen atoms in total. The zero-order chi connectivity index (χ0) is 12.1. The van der Waals surface area contributed by atoms with Gasteiger partial charge in [-0.2, -0.15) is 0 Å². The molecule has 1 aromatic carbocycles. The van der Waals surface area contributed by atoms with Gasteiger partial charge in [-0.05, 0) is 44.5 Å². The summed E-state index contributed by atoms with van der Waals surface area (Å²) >= 11 is 0. The molecule has 0 radical (unpaired) electrons. The smallest absolute Gasteiger partial charge is 0.124 e. The van der Waals surface area contributed by atoms with Crippen LogP contribution < -0.4 is 10.1 Å². The van der Waals surface area contributed by atoms with E-state index in [1.165, 1.54) is 16.7 Å². The summed E-state index contributed by atoms with van der Waals surface area (Å²) in [6.45, 7) is 8.00. The van der Waals surface area contributed by atoms with Crippen molar-refractivity contribution >= 4 is 0 Å². The van der Waals surface area contributed by atoms with Crippen molar-refractivity contribution in [2.45, 2.75) is 26.3 Å². The Kier molecular flexibility index (Phi) is 4.56. The van der Waals surface area contributed by atoms with E-state index in [1.807, 2.05) is 13.1 Å². The zero-order valence-corrected chi connectivity index (χ0v) is 10.6. The van der Waals surface area contributed by atoms with Crippen molar-refractivity contribution in [2.75, 3.05) is 14.2 Å². The Morgan fingerprint density at radius 3 is 2.62 bits per heavy atom. The van der Waals surface area contributed by atoms with Crippen LogP contribution in [0.25, 0.3) is 0 Å². The van der Waals surface area contributed by atoms with Crippen LogP contribution in [0, 0.1) is 13.8 Å². The van der Waals surface area contributed by atoms with Gasteiger partial charge in [0.1, 0.15) is 5.75 Å². The average Bonchev–Trinajstić information content (AvgIpc) is 2.25. The van der Waals surface area contributed by atoms with Crippen LogP contribution in [0.15, 0.2) is 24.8 Å². The highest BCUT2D eigenvalue weighted by molar-refractivity contribution is 5.45. The van der Waals surface area contributed by atoms with Crippen molar-refractivity contribution in [3.63, 3.8) is 0 Å². The van der Waals surface area contributed by atoms with Crippen molar-refractivity contribution in [1.82, 2.24) is 5.32 Å². The quantitative estimate of drug-likeness (QED) is 0.768. The Balaban J connectivity index is 3.23. The number of benzene rings is 1. The maximum atomic E-state index is 5.46. The maximum absolute atomic E-state index is 5.46. The highest BCUT2D eigenvalue weighted by Crippen LogP contribution is 2.31. The third-order valence-corrected chi connectivity index (χ3v) is 2.81. The molecule has 2 heteroatoms. The number of nitrogens with one attached hydrogen (secondary N) is 1. The molecule has 1 aromatic rings. The molecular weight excluding hydrogens is 198 g/mol. The van der Waals surface area contributed by atoms with E-state index >= 15 is 0 Å². The second-order valence-corrected chi connectivity index (χ2v) is 4.06. The number of aryl methyl sites for hydroxylation is 2. The molecule has 0 bridgehead atoms. The second-order valence-electron chi connectivity index (χ2n) is 4.06. The molecule has 88 valence electrons. The van der Waals surface area contributed by atoms with Gasteiger partial charge in [0.15, 0.2) is 0 Å². The summed E-state index contributed by atoms with van der Waals surface area (Å²) in [7, 11) is 3.69. The van der Waals surface area contributed by atoms with Gasteiger partial charge in [-0.3, -0.25) is 0 Å². The Bertz CT molecular complexity index is 371. The Morgan fingerprint density at radius 1 is 1.44 bits per heavy atom. The van der Waals surface area contributed by atoms with Crippen LogP contribution in [0.2, 0.25) is 0 Å². The molecule has 0 heterocycles. The lowest BCUT2D eigenvalue weighted by atomic mass is 9.96. The van der Waals surface area contributed by atoms with Crippen LogP contribution in [0.1, 0.15) is 29.2 Å². The maximum Gasteiger partial charge on any atom is 0.124 e. The van der Waals surface area contributed by atoms with Crippen LogP contribution in [0.3, 0.4) is 0 Å². The molecule has 0 aliphatic carbocycles. The van der Waals surface area contributed by atoms with Gasteiger partial charge in [-0.15, -0.1) is 6.58 Å². The van der Waals surface area contributed by atoms with Gasteiger partial charge < -0.3 is 10.1 Å². The average molecular weight is 219 g/mol. The molecule has 1 atom stereocenters. The van der Waals surface area contributed by atoms with Gasteiger partial charge in [0, 0.05) is 11.6 Å². The fourth-order valence-electron chi connectivity index (χ4n) is 2.10. The lowest BCUT2D eigenvalue weighted by molar-refractivity contribution is 0.400. The van der Waals surface area contributed by atoms with Crippen LogP contribution in [-0.2, 0) is 0 Å². The van der Waals surface area contributed by atoms with Gasteiger partial charge in [0.25, 0.3) is 0 Å². The first-order valence-electron chi connectivity index (χ1n) is 5.57. The molecule has 0 saturated heterocycles.